The maximum absolute atomic E-state index is 13.7. The maximum Gasteiger partial charge on any atom is 0.232 e. The first-order valence-corrected chi connectivity index (χ1v) is 9.72. The van der Waals surface area contributed by atoms with Crippen molar-refractivity contribution in [2.75, 3.05) is 32.8 Å². The lowest BCUT2D eigenvalue weighted by Gasteiger charge is -2.20. The van der Waals surface area contributed by atoms with Crippen molar-refractivity contribution < 1.29 is 27.9 Å². The summed E-state index contributed by atoms with van der Waals surface area (Å²) in [5.41, 5.74) is 1.03. The molecule has 0 radical (unpaired) electrons. The van der Waals surface area contributed by atoms with Crippen LogP contribution in [0.4, 0.5) is 10.1 Å². The van der Waals surface area contributed by atoms with Crippen molar-refractivity contribution in [3.05, 3.63) is 47.1 Å². The molecule has 31 heavy (non-hydrogen) atoms. The van der Waals surface area contributed by atoms with Crippen molar-refractivity contribution in [3.8, 4) is 28.6 Å². The van der Waals surface area contributed by atoms with E-state index < -0.39 is 5.82 Å². The minimum atomic E-state index is -0.574. The lowest BCUT2D eigenvalue weighted by Crippen LogP contribution is -2.24. The van der Waals surface area contributed by atoms with Gasteiger partial charge in [-0.2, -0.15) is 4.98 Å². The van der Waals surface area contributed by atoms with Gasteiger partial charge >= 0.3 is 0 Å². The Kier molecular flexibility index (Phi) is 5.69. The minimum Gasteiger partial charge on any atom is -0.493 e. The molecule has 0 saturated carbocycles. The fourth-order valence-corrected chi connectivity index (χ4v) is 3.62. The predicted octanol–water partition coefficient (Wildman–Crippen LogP) is 4.08. The van der Waals surface area contributed by atoms with Gasteiger partial charge in [0.25, 0.3) is 0 Å². The Morgan fingerprint density at radius 2 is 1.84 bits per heavy atom. The highest BCUT2D eigenvalue weighted by atomic mass is 35.5. The molecule has 4 rings (SSSR count). The molecule has 0 N–H and O–H groups in total. The summed E-state index contributed by atoms with van der Waals surface area (Å²) < 4.78 is 35.2. The third kappa shape index (κ3) is 3.88. The number of carbonyl (C=O) groups is 1. The summed E-state index contributed by atoms with van der Waals surface area (Å²) in [4.78, 5) is 18.7. The molecule has 0 bridgehead atoms. The van der Waals surface area contributed by atoms with Crippen LogP contribution in [0.1, 0.15) is 18.2 Å². The van der Waals surface area contributed by atoms with Crippen LogP contribution in [-0.2, 0) is 4.79 Å². The minimum absolute atomic E-state index is 0.00912. The van der Waals surface area contributed by atoms with Gasteiger partial charge in [0.05, 0.1) is 38.0 Å². The number of benzene rings is 2. The summed E-state index contributed by atoms with van der Waals surface area (Å²) >= 11 is 5.72. The van der Waals surface area contributed by atoms with E-state index in [-0.39, 0.29) is 29.1 Å². The summed E-state index contributed by atoms with van der Waals surface area (Å²) in [6, 6.07) is 7.67. The van der Waals surface area contributed by atoms with Crippen LogP contribution in [0.15, 0.2) is 34.9 Å². The number of ether oxygens (including phenoxy) is 3. The third-order valence-electron chi connectivity index (χ3n) is 5.05. The summed E-state index contributed by atoms with van der Waals surface area (Å²) in [6.07, 6.45) is 0.188. The van der Waals surface area contributed by atoms with Gasteiger partial charge in [-0.1, -0.05) is 16.8 Å². The zero-order valence-corrected chi connectivity index (χ0v) is 17.8. The summed E-state index contributed by atoms with van der Waals surface area (Å²) in [5.74, 6) is 0.846. The van der Waals surface area contributed by atoms with E-state index in [1.165, 1.54) is 33.5 Å². The number of anilines is 1. The van der Waals surface area contributed by atoms with Crippen LogP contribution in [0, 0.1) is 5.82 Å². The van der Waals surface area contributed by atoms with E-state index in [1.54, 1.807) is 23.1 Å². The molecule has 10 heteroatoms. The number of halogens is 2. The van der Waals surface area contributed by atoms with E-state index in [2.05, 4.69) is 10.1 Å². The van der Waals surface area contributed by atoms with Gasteiger partial charge in [0.15, 0.2) is 11.5 Å². The van der Waals surface area contributed by atoms with Crippen LogP contribution >= 0.6 is 11.6 Å². The van der Waals surface area contributed by atoms with Gasteiger partial charge in [-0.05, 0) is 18.2 Å². The molecule has 2 heterocycles. The second kappa shape index (κ2) is 8.43. The molecule has 8 nitrogen and oxygen atoms in total. The van der Waals surface area contributed by atoms with Gasteiger partial charge in [0, 0.05) is 30.7 Å². The molecule has 1 saturated heterocycles. The number of hydrogen-bond donors (Lipinski definition) is 0. The number of amides is 1. The molecule has 1 aromatic heterocycles. The van der Waals surface area contributed by atoms with Gasteiger partial charge in [-0.3, -0.25) is 4.79 Å². The molecule has 1 aliphatic heterocycles. The van der Waals surface area contributed by atoms with Crippen LogP contribution in [0.3, 0.4) is 0 Å². The molecule has 3 aromatic rings. The Morgan fingerprint density at radius 3 is 2.45 bits per heavy atom. The van der Waals surface area contributed by atoms with Crippen molar-refractivity contribution in [2.45, 2.75) is 12.3 Å². The number of carbonyl (C=O) groups excluding carboxylic acids is 1. The van der Waals surface area contributed by atoms with Crippen molar-refractivity contribution in [1.82, 2.24) is 10.1 Å². The van der Waals surface area contributed by atoms with Crippen molar-refractivity contribution in [3.63, 3.8) is 0 Å². The Balaban J connectivity index is 1.59. The highest BCUT2D eigenvalue weighted by Gasteiger charge is 2.36. The summed E-state index contributed by atoms with van der Waals surface area (Å²) in [7, 11) is 4.53. The first-order valence-electron chi connectivity index (χ1n) is 9.34. The molecule has 1 fully saturated rings. The average Bonchev–Trinajstić information content (AvgIpc) is 3.41. The number of nitrogens with zero attached hydrogens (tertiary/aromatic N) is 3. The van der Waals surface area contributed by atoms with Crippen LogP contribution in [-0.4, -0.2) is 43.9 Å². The van der Waals surface area contributed by atoms with E-state index in [0.29, 0.717) is 40.9 Å². The van der Waals surface area contributed by atoms with Crippen LogP contribution < -0.4 is 19.1 Å². The molecule has 1 unspecified atom stereocenters. The molecule has 1 amide bonds. The highest BCUT2D eigenvalue weighted by molar-refractivity contribution is 6.30. The first kappa shape index (κ1) is 20.9. The molecule has 1 atom stereocenters. The van der Waals surface area contributed by atoms with Gasteiger partial charge in [0.2, 0.25) is 23.4 Å². The predicted molar refractivity (Wildman–Crippen MR) is 111 cm³/mol. The molecule has 0 aliphatic carbocycles. The van der Waals surface area contributed by atoms with E-state index >= 15 is 0 Å². The SMILES string of the molecule is COc1cc(N2CC(c3nc(-c4ccc(Cl)c(F)c4)no3)CC2=O)cc(OC)c1OC. The average molecular weight is 448 g/mol. The van der Waals surface area contributed by atoms with Crippen LogP contribution in [0.5, 0.6) is 17.2 Å². The molecular weight excluding hydrogens is 429 g/mol. The van der Waals surface area contributed by atoms with E-state index in [1.807, 2.05) is 0 Å². The summed E-state index contributed by atoms with van der Waals surface area (Å²) in [6.45, 7) is 0.327. The standard InChI is InChI=1S/C21H19ClFN3O5/c1-28-16-8-13(9-17(29-2)19(16)30-3)26-10-12(7-18(26)27)21-24-20(25-31-21)11-4-5-14(22)15(23)6-11/h4-6,8-9,12H,7,10H2,1-3H3. The molecule has 2 aromatic carbocycles. The van der Waals surface area contributed by atoms with Crippen LogP contribution in [0.2, 0.25) is 5.02 Å². The number of aromatic nitrogens is 2. The largest absolute Gasteiger partial charge is 0.493 e. The highest BCUT2D eigenvalue weighted by Crippen LogP contribution is 2.43. The fraction of sp³-hybridized carbons (Fsp3) is 0.286. The fourth-order valence-electron chi connectivity index (χ4n) is 3.50. The second-order valence-electron chi connectivity index (χ2n) is 6.87. The first-order chi connectivity index (χ1) is 14.9. The van der Waals surface area contributed by atoms with Crippen molar-refractivity contribution in [2.24, 2.45) is 0 Å². The van der Waals surface area contributed by atoms with Gasteiger partial charge in [-0.25, -0.2) is 4.39 Å². The number of methoxy groups -OCH3 is 3. The van der Waals surface area contributed by atoms with Gasteiger partial charge in [-0.15, -0.1) is 0 Å². The zero-order valence-electron chi connectivity index (χ0n) is 17.0. The zero-order chi connectivity index (χ0) is 22.1. The van der Waals surface area contributed by atoms with E-state index in [0.717, 1.165) is 0 Å². The Labute approximate surface area is 182 Å². The monoisotopic (exact) mass is 447 g/mol. The topological polar surface area (TPSA) is 86.9 Å². The molecular formula is C21H19ClFN3O5. The Hall–Kier alpha value is -3.33. The number of rotatable bonds is 6. The maximum atomic E-state index is 13.7. The Morgan fingerprint density at radius 1 is 1.13 bits per heavy atom. The third-order valence-corrected chi connectivity index (χ3v) is 5.36. The molecule has 1 aliphatic rings. The second-order valence-corrected chi connectivity index (χ2v) is 7.28. The van der Waals surface area contributed by atoms with E-state index in [4.69, 9.17) is 30.3 Å². The summed E-state index contributed by atoms with van der Waals surface area (Å²) in [5, 5.41) is 3.93. The lowest BCUT2D eigenvalue weighted by molar-refractivity contribution is -0.117. The molecule has 0 spiro atoms. The van der Waals surface area contributed by atoms with Crippen molar-refractivity contribution in [1.29, 1.82) is 0 Å². The van der Waals surface area contributed by atoms with E-state index in [9.17, 15) is 9.18 Å². The normalized spacial score (nSPS) is 16.0. The Bertz CT molecular complexity index is 1110. The lowest BCUT2D eigenvalue weighted by atomic mass is 10.1. The molecule has 162 valence electrons. The van der Waals surface area contributed by atoms with Gasteiger partial charge < -0.3 is 23.6 Å². The van der Waals surface area contributed by atoms with Crippen molar-refractivity contribution >= 4 is 23.2 Å². The van der Waals surface area contributed by atoms with Gasteiger partial charge in [0.1, 0.15) is 5.82 Å². The quantitative estimate of drug-likeness (QED) is 0.562. The number of hydrogen-bond acceptors (Lipinski definition) is 7. The van der Waals surface area contributed by atoms with Crippen LogP contribution in [0.25, 0.3) is 11.4 Å². The smallest absolute Gasteiger partial charge is 0.232 e.